The van der Waals surface area contributed by atoms with Crippen molar-refractivity contribution in [3.8, 4) is 32.3 Å². The highest BCUT2D eigenvalue weighted by Crippen LogP contribution is 2.35. The second kappa shape index (κ2) is 9.08. The van der Waals surface area contributed by atoms with Gasteiger partial charge in [-0.2, -0.15) is 5.10 Å². The summed E-state index contributed by atoms with van der Waals surface area (Å²) in [6, 6.07) is 26.4. The van der Waals surface area contributed by atoms with Crippen molar-refractivity contribution < 1.29 is 4.79 Å². The number of hydrogen-bond donors (Lipinski definition) is 2. The number of benzene rings is 3. The van der Waals surface area contributed by atoms with Crippen LogP contribution in [-0.2, 0) is 0 Å². The van der Waals surface area contributed by atoms with Gasteiger partial charge in [0.2, 0.25) is 0 Å². The average molecular weight is 465 g/mol. The maximum Gasteiger partial charge on any atom is 0.276 e. The molecule has 0 unspecified atom stereocenters. The highest BCUT2D eigenvalue weighted by atomic mass is 32.1. The molecule has 3 aromatic carbocycles. The van der Waals surface area contributed by atoms with Gasteiger partial charge in [0.05, 0.1) is 16.3 Å². The number of H-pyrrole nitrogens is 1. The average Bonchev–Trinajstić information content (AvgIpc) is 3.49. The van der Waals surface area contributed by atoms with E-state index < -0.39 is 0 Å². The maximum atomic E-state index is 12.7. The highest BCUT2D eigenvalue weighted by Gasteiger charge is 2.17. The van der Waals surface area contributed by atoms with Gasteiger partial charge >= 0.3 is 0 Å². The number of aryl methyl sites for hydroxylation is 3. The molecule has 0 spiro atoms. The predicted octanol–water partition coefficient (Wildman–Crippen LogP) is 7.04. The Labute approximate surface area is 202 Å². The molecule has 2 N–H and O–H groups in total. The van der Waals surface area contributed by atoms with Gasteiger partial charge in [-0.1, -0.05) is 60.7 Å². The van der Waals surface area contributed by atoms with Crippen LogP contribution in [0.3, 0.4) is 0 Å². The van der Waals surface area contributed by atoms with E-state index in [2.05, 4.69) is 51.9 Å². The summed E-state index contributed by atoms with van der Waals surface area (Å²) in [5, 5.41) is 11.1. The zero-order valence-electron chi connectivity index (χ0n) is 19.2. The van der Waals surface area contributed by atoms with E-state index in [1.165, 1.54) is 16.7 Å². The number of carbonyl (C=O) groups is 1. The number of carbonyl (C=O) groups excluding carboxylic acids is 1. The molecule has 1 amide bonds. The van der Waals surface area contributed by atoms with Gasteiger partial charge in [0.1, 0.15) is 5.01 Å². The number of rotatable bonds is 5. The van der Waals surface area contributed by atoms with Crippen LogP contribution in [0.4, 0.5) is 5.69 Å². The van der Waals surface area contributed by atoms with Gasteiger partial charge in [-0.15, -0.1) is 11.3 Å². The van der Waals surface area contributed by atoms with Crippen LogP contribution in [0.2, 0.25) is 0 Å². The largest absolute Gasteiger partial charge is 0.321 e. The number of amides is 1. The molecule has 5 nitrogen and oxygen atoms in total. The fourth-order valence-electron chi connectivity index (χ4n) is 3.77. The number of nitrogens with one attached hydrogen (secondary N) is 2. The fourth-order valence-corrected chi connectivity index (χ4v) is 4.81. The van der Waals surface area contributed by atoms with Crippen molar-refractivity contribution in [1.29, 1.82) is 0 Å². The Morgan fingerprint density at radius 2 is 1.53 bits per heavy atom. The van der Waals surface area contributed by atoms with E-state index in [-0.39, 0.29) is 5.91 Å². The summed E-state index contributed by atoms with van der Waals surface area (Å²) in [6.45, 7) is 6.05. The Morgan fingerprint density at radius 3 is 2.26 bits per heavy atom. The fraction of sp³-hybridized carbons (Fsp3) is 0.107. The molecule has 6 heteroatoms. The van der Waals surface area contributed by atoms with Gasteiger partial charge < -0.3 is 5.32 Å². The molecular formula is C28H24N4OS. The summed E-state index contributed by atoms with van der Waals surface area (Å²) in [5.74, 6) is -0.246. The first kappa shape index (κ1) is 21.8. The summed E-state index contributed by atoms with van der Waals surface area (Å²) < 4.78 is 0. The van der Waals surface area contributed by atoms with Crippen LogP contribution in [-0.4, -0.2) is 21.1 Å². The van der Waals surface area contributed by atoms with E-state index in [0.717, 1.165) is 38.1 Å². The SMILES string of the molecule is Cc1ccc(NC(=O)c2cc(-c3sc(-c4ccc(-c5ccccc5)cc4)nc3C)[nH]n2)cc1C. The van der Waals surface area contributed by atoms with Crippen LogP contribution in [0, 0.1) is 20.8 Å². The van der Waals surface area contributed by atoms with Crippen molar-refractivity contribution in [3.05, 3.63) is 101 Å². The molecule has 0 aliphatic heterocycles. The zero-order chi connectivity index (χ0) is 23.7. The first-order valence-electron chi connectivity index (χ1n) is 11.1. The highest BCUT2D eigenvalue weighted by molar-refractivity contribution is 7.18. The number of anilines is 1. The third-order valence-electron chi connectivity index (χ3n) is 5.86. The Bertz CT molecular complexity index is 1470. The van der Waals surface area contributed by atoms with Crippen LogP contribution in [0.25, 0.3) is 32.3 Å². The van der Waals surface area contributed by atoms with E-state index in [4.69, 9.17) is 4.98 Å². The Morgan fingerprint density at radius 1 is 0.824 bits per heavy atom. The van der Waals surface area contributed by atoms with Crippen molar-refractivity contribution in [1.82, 2.24) is 15.2 Å². The molecule has 0 aliphatic carbocycles. The van der Waals surface area contributed by atoms with E-state index in [9.17, 15) is 4.79 Å². The molecule has 0 aliphatic rings. The summed E-state index contributed by atoms with van der Waals surface area (Å²) in [7, 11) is 0. The van der Waals surface area contributed by atoms with Crippen molar-refractivity contribution >= 4 is 22.9 Å². The van der Waals surface area contributed by atoms with E-state index in [1.54, 1.807) is 17.4 Å². The number of aromatic amines is 1. The normalized spacial score (nSPS) is 10.9. The van der Waals surface area contributed by atoms with E-state index >= 15 is 0 Å². The van der Waals surface area contributed by atoms with Crippen LogP contribution in [0.1, 0.15) is 27.3 Å². The van der Waals surface area contributed by atoms with Crippen LogP contribution in [0.15, 0.2) is 78.9 Å². The lowest BCUT2D eigenvalue weighted by molar-refractivity contribution is 0.102. The minimum atomic E-state index is -0.246. The van der Waals surface area contributed by atoms with Crippen LogP contribution in [0.5, 0.6) is 0 Å². The van der Waals surface area contributed by atoms with Gasteiger partial charge in [0, 0.05) is 11.3 Å². The molecule has 0 atom stereocenters. The Balaban J connectivity index is 1.35. The molecule has 0 fully saturated rings. The molecule has 5 aromatic rings. The molecule has 2 heterocycles. The van der Waals surface area contributed by atoms with Crippen molar-refractivity contribution in [3.63, 3.8) is 0 Å². The minimum absolute atomic E-state index is 0.246. The van der Waals surface area contributed by atoms with Gasteiger partial charge in [-0.3, -0.25) is 9.89 Å². The quantitative estimate of drug-likeness (QED) is 0.293. The molecule has 34 heavy (non-hydrogen) atoms. The second-order valence-corrected chi connectivity index (χ2v) is 9.30. The molecule has 0 saturated heterocycles. The lowest BCUT2D eigenvalue weighted by Gasteiger charge is -2.06. The summed E-state index contributed by atoms with van der Waals surface area (Å²) in [4.78, 5) is 18.5. The Kier molecular flexibility index (Phi) is 5.82. The lowest BCUT2D eigenvalue weighted by atomic mass is 10.0. The molecule has 0 bridgehead atoms. The smallest absolute Gasteiger partial charge is 0.276 e. The monoisotopic (exact) mass is 464 g/mol. The minimum Gasteiger partial charge on any atom is -0.321 e. The number of nitrogens with zero attached hydrogens (tertiary/aromatic N) is 2. The molecule has 2 aromatic heterocycles. The molecule has 0 radical (unpaired) electrons. The van der Waals surface area contributed by atoms with Crippen LogP contribution < -0.4 is 5.32 Å². The summed E-state index contributed by atoms with van der Waals surface area (Å²) in [6.07, 6.45) is 0. The van der Waals surface area contributed by atoms with Gasteiger partial charge in [0.15, 0.2) is 5.69 Å². The van der Waals surface area contributed by atoms with E-state index in [1.807, 2.05) is 57.2 Å². The molecule has 0 saturated carbocycles. The molecule has 168 valence electrons. The van der Waals surface area contributed by atoms with Crippen LogP contribution >= 0.6 is 11.3 Å². The second-order valence-electron chi connectivity index (χ2n) is 8.30. The number of hydrogen-bond acceptors (Lipinski definition) is 4. The van der Waals surface area contributed by atoms with Crippen molar-refractivity contribution in [2.24, 2.45) is 0 Å². The maximum absolute atomic E-state index is 12.7. The summed E-state index contributed by atoms with van der Waals surface area (Å²) >= 11 is 1.59. The van der Waals surface area contributed by atoms with Gasteiger partial charge in [-0.25, -0.2) is 4.98 Å². The molecule has 5 rings (SSSR count). The zero-order valence-corrected chi connectivity index (χ0v) is 20.0. The summed E-state index contributed by atoms with van der Waals surface area (Å²) in [5.41, 5.74) is 8.52. The third-order valence-corrected chi connectivity index (χ3v) is 7.10. The third kappa shape index (κ3) is 4.40. The van der Waals surface area contributed by atoms with Crippen molar-refractivity contribution in [2.75, 3.05) is 5.32 Å². The van der Waals surface area contributed by atoms with Gasteiger partial charge in [-0.05, 0) is 61.2 Å². The first-order valence-corrected chi connectivity index (χ1v) is 11.9. The Hall–Kier alpha value is -4.03. The number of aromatic nitrogens is 3. The first-order chi connectivity index (χ1) is 16.5. The topological polar surface area (TPSA) is 70.7 Å². The van der Waals surface area contributed by atoms with E-state index in [0.29, 0.717) is 5.69 Å². The van der Waals surface area contributed by atoms with Gasteiger partial charge in [0.25, 0.3) is 5.91 Å². The van der Waals surface area contributed by atoms with Crippen molar-refractivity contribution in [2.45, 2.75) is 20.8 Å². The molecular weight excluding hydrogens is 440 g/mol. The standard InChI is InChI=1S/C28H24N4OS/c1-17-9-14-23(15-18(17)2)30-27(33)25-16-24(31-32-25)26-19(3)29-28(34-26)22-12-10-21(11-13-22)20-7-5-4-6-8-20/h4-16H,1-3H3,(H,30,33)(H,31,32). The number of thiazole rings is 1. The predicted molar refractivity (Wildman–Crippen MR) is 139 cm³/mol. The lowest BCUT2D eigenvalue weighted by Crippen LogP contribution is -2.12.